The van der Waals surface area contributed by atoms with E-state index in [4.69, 9.17) is 0 Å². The summed E-state index contributed by atoms with van der Waals surface area (Å²) in [6.07, 6.45) is 6.40. The molecule has 0 spiro atoms. The molecule has 0 aromatic heterocycles. The zero-order valence-corrected chi connectivity index (χ0v) is 22.9. The van der Waals surface area contributed by atoms with Gasteiger partial charge >= 0.3 is 0 Å². The lowest BCUT2D eigenvalue weighted by molar-refractivity contribution is 0.670. The number of dihydropyridines is 1. The molecule has 5 nitrogen and oxygen atoms in total. The van der Waals surface area contributed by atoms with Crippen LogP contribution in [0.4, 0.5) is 17.1 Å². The van der Waals surface area contributed by atoms with Crippen LogP contribution in [0.25, 0.3) is 0 Å². The van der Waals surface area contributed by atoms with E-state index in [1.54, 1.807) is 0 Å². The molecule has 0 saturated heterocycles. The molecule has 3 N–H and O–H groups in total. The second-order valence-corrected chi connectivity index (χ2v) is 10.3. The number of likely N-dealkylation sites (N-methyl/N-ethyl adjacent to an activating group) is 1. The Labute approximate surface area is 218 Å². The third kappa shape index (κ3) is 5.25. The Morgan fingerprint density at radius 1 is 1.11 bits per heavy atom. The summed E-state index contributed by atoms with van der Waals surface area (Å²) >= 11 is 0. The lowest BCUT2D eigenvalue weighted by Crippen LogP contribution is -2.39. The van der Waals surface area contributed by atoms with Crippen LogP contribution in [0.5, 0.6) is 0 Å². The highest BCUT2D eigenvalue weighted by Gasteiger charge is 2.34. The van der Waals surface area contributed by atoms with Crippen molar-refractivity contribution >= 4 is 17.1 Å². The van der Waals surface area contributed by atoms with Gasteiger partial charge in [0, 0.05) is 55.5 Å². The molecule has 0 amide bonds. The predicted octanol–water partition coefficient (Wildman–Crippen LogP) is 6.40. The van der Waals surface area contributed by atoms with E-state index >= 15 is 0 Å². The second-order valence-electron chi connectivity index (χ2n) is 10.3. The molecule has 192 valence electrons. The van der Waals surface area contributed by atoms with Crippen LogP contribution in [-0.2, 0) is 0 Å². The molecular formula is C31H43N5. The second kappa shape index (κ2) is 11.2. The number of benzene rings is 2. The minimum atomic E-state index is 0.00137. The van der Waals surface area contributed by atoms with Crippen LogP contribution in [0.2, 0.25) is 0 Å². The molecule has 4 rings (SSSR count). The van der Waals surface area contributed by atoms with Crippen molar-refractivity contribution in [3.8, 4) is 0 Å². The molecule has 2 atom stereocenters. The lowest BCUT2D eigenvalue weighted by Gasteiger charge is -2.31. The minimum absolute atomic E-state index is 0.00137. The molecule has 36 heavy (non-hydrogen) atoms. The highest BCUT2D eigenvalue weighted by atomic mass is 15.3. The smallest absolute Gasteiger partial charge is 0.129 e. The zero-order valence-electron chi connectivity index (χ0n) is 22.9. The summed E-state index contributed by atoms with van der Waals surface area (Å²) in [6, 6.07) is 13.5. The van der Waals surface area contributed by atoms with Gasteiger partial charge in [0.2, 0.25) is 0 Å². The van der Waals surface area contributed by atoms with Crippen LogP contribution in [-0.4, -0.2) is 32.8 Å². The first-order valence-electron chi connectivity index (χ1n) is 13.4. The minimum Gasteiger partial charge on any atom is -0.384 e. The van der Waals surface area contributed by atoms with Gasteiger partial charge < -0.3 is 25.8 Å². The molecule has 2 aliphatic rings. The Bertz CT molecular complexity index is 1160. The number of anilines is 3. The Hall–Kier alpha value is -3.34. The first-order valence-corrected chi connectivity index (χ1v) is 13.4. The van der Waals surface area contributed by atoms with Crippen LogP contribution >= 0.6 is 0 Å². The van der Waals surface area contributed by atoms with Crippen molar-refractivity contribution < 1.29 is 0 Å². The number of rotatable bonds is 10. The largest absolute Gasteiger partial charge is 0.384 e. The standard InChI is InChI=1S/C31H43N5/c1-8-15-36(16-9-2)26-18-22(4)30-28(19-26)34-31(35(30)7)29-24(6)32-14-13-27(29)33-20-23(5)25-12-10-11-21(3)17-25/h10-14,17-19,23,31-34H,6,8-9,15-16,20H2,1-5,7H3. The Balaban J connectivity index is 1.60. The number of nitrogens with zero attached hydrogens (tertiary/aromatic N) is 2. The van der Waals surface area contributed by atoms with Gasteiger partial charge in [-0.05, 0) is 61.9 Å². The zero-order chi connectivity index (χ0) is 25.8. The SMILES string of the molecule is C=C1NC=CC(NCC(C)c2cccc(C)c2)=C1C1Nc2cc(N(CCC)CCC)cc(C)c2N1C. The number of fused-ring (bicyclic) bond motifs is 1. The molecule has 0 bridgehead atoms. The average molecular weight is 486 g/mol. The van der Waals surface area contributed by atoms with Crippen LogP contribution < -0.4 is 25.8 Å². The fourth-order valence-electron chi connectivity index (χ4n) is 5.45. The number of hydrogen-bond acceptors (Lipinski definition) is 5. The van der Waals surface area contributed by atoms with Gasteiger partial charge in [-0.15, -0.1) is 0 Å². The van der Waals surface area contributed by atoms with Gasteiger partial charge in [0.1, 0.15) is 6.17 Å². The van der Waals surface area contributed by atoms with E-state index in [9.17, 15) is 0 Å². The van der Waals surface area contributed by atoms with Crippen LogP contribution in [0.15, 0.2) is 72.2 Å². The first-order chi connectivity index (χ1) is 17.3. The maximum Gasteiger partial charge on any atom is 0.129 e. The third-order valence-corrected chi connectivity index (χ3v) is 7.28. The highest BCUT2D eigenvalue weighted by Crippen LogP contribution is 2.43. The van der Waals surface area contributed by atoms with Crippen molar-refractivity contribution in [3.63, 3.8) is 0 Å². The van der Waals surface area contributed by atoms with E-state index in [1.807, 2.05) is 6.20 Å². The number of nitrogens with one attached hydrogen (secondary N) is 3. The molecule has 0 aliphatic carbocycles. The first kappa shape index (κ1) is 25.7. The van der Waals surface area contributed by atoms with Crippen LogP contribution in [0, 0.1) is 13.8 Å². The van der Waals surface area contributed by atoms with Gasteiger partial charge in [-0.25, -0.2) is 0 Å². The Kier molecular flexibility index (Phi) is 7.97. The molecule has 0 radical (unpaired) electrons. The topological polar surface area (TPSA) is 42.6 Å². The molecule has 0 fully saturated rings. The third-order valence-electron chi connectivity index (χ3n) is 7.28. The number of hydrogen-bond donors (Lipinski definition) is 3. The van der Waals surface area contributed by atoms with Gasteiger partial charge in [-0.1, -0.05) is 57.2 Å². The van der Waals surface area contributed by atoms with Crippen molar-refractivity contribution in [2.45, 2.75) is 59.5 Å². The quantitative estimate of drug-likeness (QED) is 0.364. The normalized spacial score (nSPS) is 17.6. The molecule has 2 heterocycles. The molecule has 2 aliphatic heterocycles. The Morgan fingerprint density at radius 2 is 1.86 bits per heavy atom. The number of allylic oxidation sites excluding steroid dienone is 1. The average Bonchev–Trinajstić information content (AvgIpc) is 3.18. The van der Waals surface area contributed by atoms with Crippen molar-refractivity contribution in [2.75, 3.05) is 41.8 Å². The van der Waals surface area contributed by atoms with Crippen LogP contribution in [0.3, 0.4) is 0 Å². The van der Waals surface area contributed by atoms with Gasteiger partial charge in [0.25, 0.3) is 0 Å². The Morgan fingerprint density at radius 3 is 2.56 bits per heavy atom. The molecular weight excluding hydrogens is 442 g/mol. The molecule has 2 aromatic carbocycles. The summed E-state index contributed by atoms with van der Waals surface area (Å²) in [6.45, 7) is 18.5. The van der Waals surface area contributed by atoms with Crippen molar-refractivity contribution in [3.05, 3.63) is 88.9 Å². The van der Waals surface area contributed by atoms with E-state index in [2.05, 4.69) is 116 Å². The highest BCUT2D eigenvalue weighted by molar-refractivity contribution is 5.84. The van der Waals surface area contributed by atoms with Crippen molar-refractivity contribution in [1.29, 1.82) is 0 Å². The summed E-state index contributed by atoms with van der Waals surface area (Å²) in [5.41, 5.74) is 10.9. The van der Waals surface area contributed by atoms with Crippen molar-refractivity contribution in [2.24, 2.45) is 0 Å². The number of aryl methyl sites for hydroxylation is 2. The molecule has 0 saturated carbocycles. The maximum atomic E-state index is 4.37. The van der Waals surface area contributed by atoms with Gasteiger partial charge in [0.05, 0.1) is 11.4 Å². The van der Waals surface area contributed by atoms with E-state index in [1.165, 1.54) is 33.8 Å². The van der Waals surface area contributed by atoms with E-state index in [0.29, 0.717) is 5.92 Å². The van der Waals surface area contributed by atoms with E-state index in [-0.39, 0.29) is 6.17 Å². The monoisotopic (exact) mass is 485 g/mol. The fourth-order valence-corrected chi connectivity index (χ4v) is 5.45. The van der Waals surface area contributed by atoms with E-state index in [0.717, 1.165) is 49.4 Å². The molecule has 5 heteroatoms. The maximum absolute atomic E-state index is 4.37. The predicted molar refractivity (Wildman–Crippen MR) is 156 cm³/mol. The lowest BCUT2D eigenvalue weighted by atomic mass is 9.98. The summed E-state index contributed by atoms with van der Waals surface area (Å²) in [7, 11) is 2.18. The summed E-state index contributed by atoms with van der Waals surface area (Å²) < 4.78 is 0. The van der Waals surface area contributed by atoms with Crippen molar-refractivity contribution in [1.82, 2.24) is 10.6 Å². The van der Waals surface area contributed by atoms with Gasteiger partial charge in [-0.3, -0.25) is 0 Å². The van der Waals surface area contributed by atoms with Gasteiger partial charge in [0.15, 0.2) is 0 Å². The summed E-state index contributed by atoms with van der Waals surface area (Å²) in [5.74, 6) is 0.398. The van der Waals surface area contributed by atoms with Gasteiger partial charge in [-0.2, -0.15) is 0 Å². The molecule has 2 unspecified atom stereocenters. The molecule has 2 aromatic rings. The summed E-state index contributed by atoms with van der Waals surface area (Å²) in [4.78, 5) is 4.86. The fraction of sp³-hybridized carbons (Fsp3) is 0.419. The van der Waals surface area contributed by atoms with E-state index < -0.39 is 0 Å². The van der Waals surface area contributed by atoms with Crippen LogP contribution in [0.1, 0.15) is 56.2 Å². The summed E-state index contributed by atoms with van der Waals surface area (Å²) in [5, 5.41) is 10.9.